The van der Waals surface area contributed by atoms with Crippen molar-refractivity contribution in [3.63, 3.8) is 0 Å². The molecule has 0 saturated carbocycles. The highest BCUT2D eigenvalue weighted by Crippen LogP contribution is 2.36. The third-order valence-electron chi connectivity index (χ3n) is 5.85. The normalized spacial score (nSPS) is 17.3. The molecule has 2 aliphatic heterocycles. The number of fused-ring (bicyclic) bond motifs is 1. The minimum atomic E-state index is 0.0654. The van der Waals surface area contributed by atoms with Crippen LogP contribution in [0.5, 0.6) is 0 Å². The molecule has 1 amide bonds. The molecule has 7 heteroatoms. The van der Waals surface area contributed by atoms with Gasteiger partial charge in [0.25, 0.3) is 5.91 Å². The van der Waals surface area contributed by atoms with Gasteiger partial charge in [-0.2, -0.15) is 0 Å². The summed E-state index contributed by atoms with van der Waals surface area (Å²) in [4.78, 5) is 26.3. The molecule has 2 aromatic heterocycles. The second kappa shape index (κ2) is 8.02. The Morgan fingerprint density at radius 2 is 1.77 bits per heavy atom. The second-order valence-electron chi connectivity index (χ2n) is 7.84. The molecule has 5 nitrogen and oxygen atoms in total. The van der Waals surface area contributed by atoms with Crippen molar-refractivity contribution in [1.82, 2.24) is 9.88 Å². The van der Waals surface area contributed by atoms with Gasteiger partial charge in [-0.15, -0.1) is 11.3 Å². The predicted molar refractivity (Wildman–Crippen MR) is 124 cm³/mol. The summed E-state index contributed by atoms with van der Waals surface area (Å²) in [7, 11) is 2.15. The van der Waals surface area contributed by atoms with E-state index in [0.29, 0.717) is 6.54 Å². The number of aromatic nitrogens is 1. The number of hydrogen-bond acceptors (Lipinski definition) is 5. The van der Waals surface area contributed by atoms with Crippen LogP contribution in [0.3, 0.4) is 0 Å². The Morgan fingerprint density at radius 1 is 1.00 bits per heavy atom. The van der Waals surface area contributed by atoms with Crippen molar-refractivity contribution >= 4 is 40.4 Å². The van der Waals surface area contributed by atoms with Crippen LogP contribution in [0, 0.1) is 0 Å². The molecule has 0 atom stereocenters. The fraction of sp³-hybridized carbons (Fsp3) is 0.304. The van der Waals surface area contributed by atoms with E-state index in [1.165, 1.54) is 0 Å². The van der Waals surface area contributed by atoms with Gasteiger partial charge in [0.1, 0.15) is 5.82 Å². The van der Waals surface area contributed by atoms with Gasteiger partial charge in [0, 0.05) is 42.6 Å². The van der Waals surface area contributed by atoms with Crippen molar-refractivity contribution in [3.8, 4) is 10.4 Å². The van der Waals surface area contributed by atoms with Crippen molar-refractivity contribution in [2.24, 2.45) is 0 Å². The van der Waals surface area contributed by atoms with Gasteiger partial charge in [-0.05, 0) is 54.9 Å². The van der Waals surface area contributed by atoms with Crippen molar-refractivity contribution < 1.29 is 4.79 Å². The molecule has 1 saturated heterocycles. The summed E-state index contributed by atoms with van der Waals surface area (Å²) in [5.41, 5.74) is 3.09. The van der Waals surface area contributed by atoms with E-state index in [-0.39, 0.29) is 5.91 Å². The van der Waals surface area contributed by atoms with Crippen LogP contribution in [-0.2, 0) is 6.42 Å². The fourth-order valence-corrected chi connectivity index (χ4v) is 5.31. The molecule has 3 aromatic rings. The number of amides is 1. The Balaban J connectivity index is 1.35. The van der Waals surface area contributed by atoms with E-state index < -0.39 is 0 Å². The van der Waals surface area contributed by atoms with Gasteiger partial charge in [0.05, 0.1) is 16.8 Å². The monoisotopic (exact) mass is 438 g/mol. The highest BCUT2D eigenvalue weighted by Gasteiger charge is 2.28. The van der Waals surface area contributed by atoms with Gasteiger partial charge < -0.3 is 14.7 Å². The molecule has 4 heterocycles. The maximum atomic E-state index is 13.2. The first kappa shape index (κ1) is 19.5. The molecule has 154 valence electrons. The van der Waals surface area contributed by atoms with Gasteiger partial charge in [-0.1, -0.05) is 23.7 Å². The highest BCUT2D eigenvalue weighted by molar-refractivity contribution is 7.17. The van der Waals surface area contributed by atoms with Crippen molar-refractivity contribution in [2.45, 2.75) is 6.42 Å². The zero-order valence-electron chi connectivity index (χ0n) is 16.8. The maximum absolute atomic E-state index is 13.2. The lowest BCUT2D eigenvalue weighted by Crippen LogP contribution is -2.44. The number of benzene rings is 1. The van der Waals surface area contributed by atoms with Gasteiger partial charge in [-0.25, -0.2) is 4.98 Å². The van der Waals surface area contributed by atoms with Crippen LogP contribution in [0.25, 0.3) is 10.4 Å². The van der Waals surface area contributed by atoms with Crippen LogP contribution in [0.2, 0.25) is 5.02 Å². The smallest absolute Gasteiger partial charge is 0.268 e. The van der Waals surface area contributed by atoms with E-state index in [1.807, 2.05) is 47.5 Å². The first-order chi connectivity index (χ1) is 14.6. The van der Waals surface area contributed by atoms with Crippen LogP contribution in [0.4, 0.5) is 11.5 Å². The number of rotatable bonds is 3. The van der Waals surface area contributed by atoms with Gasteiger partial charge in [0.15, 0.2) is 0 Å². The Bertz CT molecular complexity index is 1060. The first-order valence-corrected chi connectivity index (χ1v) is 11.4. The number of likely N-dealkylation sites (N-methyl/N-ethyl adjacent to an activating group) is 1. The number of anilines is 2. The van der Waals surface area contributed by atoms with Gasteiger partial charge in [-0.3, -0.25) is 4.79 Å². The van der Waals surface area contributed by atoms with Crippen LogP contribution < -0.4 is 9.80 Å². The lowest BCUT2D eigenvalue weighted by atomic mass is 10.1. The number of carbonyl (C=O) groups excluding carboxylic acids is 1. The highest BCUT2D eigenvalue weighted by atomic mass is 35.5. The van der Waals surface area contributed by atoms with E-state index in [2.05, 4.69) is 27.9 Å². The zero-order valence-corrected chi connectivity index (χ0v) is 18.4. The molecule has 1 aromatic carbocycles. The SMILES string of the molecule is CN1CCN(c2ccc(N3CCc4cc(-c5ccc(Cl)cc5)sc4C3=O)cn2)CC1. The molecule has 30 heavy (non-hydrogen) atoms. The summed E-state index contributed by atoms with van der Waals surface area (Å²) in [5, 5.41) is 0.717. The summed E-state index contributed by atoms with van der Waals surface area (Å²) >= 11 is 7.57. The van der Waals surface area contributed by atoms with Gasteiger partial charge in [0.2, 0.25) is 0 Å². The lowest BCUT2D eigenvalue weighted by molar-refractivity contribution is 0.0985. The quantitative estimate of drug-likeness (QED) is 0.607. The number of hydrogen-bond donors (Lipinski definition) is 0. The minimum absolute atomic E-state index is 0.0654. The number of piperazine rings is 1. The molecule has 0 radical (unpaired) electrons. The Hall–Kier alpha value is -2.41. The molecular formula is C23H23ClN4OS. The number of halogens is 1. The average molecular weight is 439 g/mol. The predicted octanol–water partition coefficient (Wildman–Crippen LogP) is 4.42. The third kappa shape index (κ3) is 3.71. The topological polar surface area (TPSA) is 39.7 Å². The molecule has 0 spiro atoms. The van der Waals surface area contributed by atoms with Crippen LogP contribution in [-0.4, -0.2) is 55.6 Å². The second-order valence-corrected chi connectivity index (χ2v) is 9.33. The van der Waals surface area contributed by atoms with E-state index in [9.17, 15) is 4.79 Å². The largest absolute Gasteiger partial charge is 0.354 e. The number of pyridine rings is 1. The third-order valence-corrected chi connectivity index (χ3v) is 7.32. The maximum Gasteiger partial charge on any atom is 0.268 e. The summed E-state index contributed by atoms with van der Waals surface area (Å²) in [6, 6.07) is 14.0. The Labute approximate surface area is 185 Å². The molecule has 2 aliphatic rings. The summed E-state index contributed by atoms with van der Waals surface area (Å²) < 4.78 is 0. The van der Waals surface area contributed by atoms with Crippen molar-refractivity contribution in [2.75, 3.05) is 49.6 Å². The van der Waals surface area contributed by atoms with Crippen molar-refractivity contribution in [1.29, 1.82) is 0 Å². The van der Waals surface area contributed by atoms with E-state index >= 15 is 0 Å². The molecule has 5 rings (SSSR count). The lowest BCUT2D eigenvalue weighted by Gasteiger charge is -2.33. The Morgan fingerprint density at radius 3 is 2.47 bits per heavy atom. The molecule has 0 aliphatic carbocycles. The van der Waals surface area contributed by atoms with E-state index in [0.717, 1.165) is 70.0 Å². The molecule has 1 fully saturated rings. The number of carbonyl (C=O) groups is 1. The standard InChI is InChI=1S/C23H23ClN4OS/c1-26-10-12-27(13-11-26)21-7-6-19(15-25-21)28-9-8-17-14-20(30-22(17)23(28)29)16-2-4-18(24)5-3-16/h2-7,14-15H,8-13H2,1H3. The van der Waals surface area contributed by atoms with Gasteiger partial charge >= 0.3 is 0 Å². The van der Waals surface area contributed by atoms with Crippen LogP contribution in [0.1, 0.15) is 15.2 Å². The van der Waals surface area contributed by atoms with Crippen LogP contribution in [0.15, 0.2) is 48.7 Å². The number of thiophene rings is 1. The van der Waals surface area contributed by atoms with Crippen molar-refractivity contribution in [3.05, 3.63) is 64.1 Å². The molecule has 0 bridgehead atoms. The molecule has 0 N–H and O–H groups in total. The Kier molecular flexibility index (Phi) is 5.23. The summed E-state index contributed by atoms with van der Waals surface area (Å²) in [5.74, 6) is 1.05. The first-order valence-electron chi connectivity index (χ1n) is 10.2. The average Bonchev–Trinajstić information content (AvgIpc) is 3.21. The fourth-order valence-electron chi connectivity index (χ4n) is 4.02. The zero-order chi connectivity index (χ0) is 20.7. The van der Waals surface area contributed by atoms with Crippen LogP contribution >= 0.6 is 22.9 Å². The minimum Gasteiger partial charge on any atom is -0.354 e. The van der Waals surface area contributed by atoms with E-state index in [1.54, 1.807) is 11.3 Å². The number of nitrogens with zero attached hydrogens (tertiary/aromatic N) is 4. The summed E-state index contributed by atoms with van der Waals surface area (Å²) in [6.45, 7) is 4.74. The molecule has 0 unspecified atom stereocenters. The van der Waals surface area contributed by atoms with E-state index in [4.69, 9.17) is 11.6 Å². The summed E-state index contributed by atoms with van der Waals surface area (Å²) in [6.07, 6.45) is 2.69. The molecular weight excluding hydrogens is 416 g/mol.